The number of halogens is 1. The smallest absolute Gasteiger partial charge is 0.319 e. The van der Waals surface area contributed by atoms with E-state index in [1.165, 1.54) is 12.3 Å². The molecule has 0 radical (unpaired) electrons. The number of rotatable bonds is 2. The predicted octanol–water partition coefficient (Wildman–Crippen LogP) is 1.81. The Labute approximate surface area is 127 Å². The van der Waals surface area contributed by atoms with Gasteiger partial charge in [-0.1, -0.05) is 11.6 Å². The lowest BCUT2D eigenvalue weighted by molar-refractivity contribution is -0.385. The molecule has 114 valence electrons. The SMILES string of the molecule is CC1CN(C)CCCN1C(=O)c1ccnc(Cl)c1[N+](=O)[O-]. The lowest BCUT2D eigenvalue weighted by atomic mass is 10.1. The summed E-state index contributed by atoms with van der Waals surface area (Å²) in [6.07, 6.45) is 2.15. The van der Waals surface area contributed by atoms with Crippen molar-refractivity contribution in [2.24, 2.45) is 0 Å². The summed E-state index contributed by atoms with van der Waals surface area (Å²) in [6, 6.07) is 1.34. The van der Waals surface area contributed by atoms with Gasteiger partial charge in [-0.2, -0.15) is 0 Å². The van der Waals surface area contributed by atoms with Crippen LogP contribution in [-0.2, 0) is 0 Å². The van der Waals surface area contributed by atoms with Gasteiger partial charge >= 0.3 is 5.69 Å². The van der Waals surface area contributed by atoms with Crippen LogP contribution in [0, 0.1) is 10.1 Å². The molecule has 1 saturated heterocycles. The quantitative estimate of drug-likeness (QED) is 0.473. The minimum Gasteiger partial charge on any atom is -0.334 e. The highest BCUT2D eigenvalue weighted by Gasteiger charge is 2.31. The summed E-state index contributed by atoms with van der Waals surface area (Å²) in [6.45, 7) is 4.14. The summed E-state index contributed by atoms with van der Waals surface area (Å²) in [5.74, 6) is -0.367. The lowest BCUT2D eigenvalue weighted by Crippen LogP contribution is -2.42. The third kappa shape index (κ3) is 3.30. The largest absolute Gasteiger partial charge is 0.334 e. The molecule has 0 aliphatic carbocycles. The van der Waals surface area contributed by atoms with Crippen LogP contribution < -0.4 is 0 Å². The number of likely N-dealkylation sites (N-methyl/N-ethyl adjacent to an activating group) is 1. The van der Waals surface area contributed by atoms with Crippen molar-refractivity contribution in [2.45, 2.75) is 19.4 Å². The third-order valence-electron chi connectivity index (χ3n) is 3.60. The van der Waals surface area contributed by atoms with Crippen LogP contribution in [0.5, 0.6) is 0 Å². The van der Waals surface area contributed by atoms with Crippen LogP contribution in [0.15, 0.2) is 12.3 Å². The normalized spacial score (nSPS) is 20.1. The summed E-state index contributed by atoms with van der Waals surface area (Å²) >= 11 is 5.77. The van der Waals surface area contributed by atoms with Gasteiger partial charge in [0.05, 0.1) is 4.92 Å². The van der Waals surface area contributed by atoms with Crippen LogP contribution in [0.4, 0.5) is 5.69 Å². The molecule has 1 aromatic rings. The summed E-state index contributed by atoms with van der Waals surface area (Å²) in [5.41, 5.74) is -0.426. The number of carbonyl (C=O) groups excluding carboxylic acids is 1. The van der Waals surface area contributed by atoms with Crippen LogP contribution in [0.3, 0.4) is 0 Å². The summed E-state index contributed by atoms with van der Waals surface area (Å²) < 4.78 is 0. The van der Waals surface area contributed by atoms with Crippen LogP contribution in [0.25, 0.3) is 0 Å². The Morgan fingerprint density at radius 2 is 2.24 bits per heavy atom. The Morgan fingerprint density at radius 1 is 1.52 bits per heavy atom. The van der Waals surface area contributed by atoms with Crippen molar-refractivity contribution in [1.82, 2.24) is 14.8 Å². The number of nitrogens with zero attached hydrogens (tertiary/aromatic N) is 4. The van der Waals surface area contributed by atoms with Crippen molar-refractivity contribution < 1.29 is 9.72 Å². The summed E-state index contributed by atoms with van der Waals surface area (Å²) in [4.78, 5) is 30.6. The zero-order valence-corrected chi connectivity index (χ0v) is 12.7. The molecule has 1 amide bonds. The molecule has 1 atom stereocenters. The fourth-order valence-corrected chi connectivity index (χ4v) is 2.83. The van der Waals surface area contributed by atoms with E-state index >= 15 is 0 Å². The second-order valence-corrected chi connectivity index (χ2v) is 5.58. The van der Waals surface area contributed by atoms with E-state index in [2.05, 4.69) is 9.88 Å². The number of hydrogen-bond acceptors (Lipinski definition) is 5. The fourth-order valence-electron chi connectivity index (χ4n) is 2.60. The molecule has 0 aromatic carbocycles. The van der Waals surface area contributed by atoms with Crippen LogP contribution >= 0.6 is 11.6 Å². The molecule has 1 aromatic heterocycles. The number of nitro groups is 1. The van der Waals surface area contributed by atoms with Gasteiger partial charge in [0.15, 0.2) is 0 Å². The molecule has 1 aliphatic rings. The maximum absolute atomic E-state index is 12.7. The Hall–Kier alpha value is -1.73. The molecule has 2 heterocycles. The molecule has 0 spiro atoms. The van der Waals surface area contributed by atoms with Crippen molar-refractivity contribution in [3.8, 4) is 0 Å². The topological polar surface area (TPSA) is 79.6 Å². The summed E-state index contributed by atoms with van der Waals surface area (Å²) in [7, 11) is 2.00. The molecule has 21 heavy (non-hydrogen) atoms. The first-order valence-electron chi connectivity index (χ1n) is 6.70. The average molecular weight is 313 g/mol. The van der Waals surface area contributed by atoms with Gasteiger partial charge in [-0.05, 0) is 33.0 Å². The van der Waals surface area contributed by atoms with E-state index in [0.717, 1.165) is 19.5 Å². The highest BCUT2D eigenvalue weighted by Crippen LogP contribution is 2.28. The van der Waals surface area contributed by atoms with Crippen molar-refractivity contribution in [3.63, 3.8) is 0 Å². The van der Waals surface area contributed by atoms with E-state index in [4.69, 9.17) is 11.6 Å². The summed E-state index contributed by atoms with van der Waals surface area (Å²) in [5, 5.41) is 10.9. The molecular formula is C13H17ClN4O3. The first-order valence-corrected chi connectivity index (χ1v) is 7.08. The molecule has 0 saturated carbocycles. The molecule has 1 unspecified atom stereocenters. The Bertz CT molecular complexity index is 566. The zero-order chi connectivity index (χ0) is 15.6. The molecule has 0 bridgehead atoms. The van der Waals surface area contributed by atoms with Crippen LogP contribution in [-0.4, -0.2) is 58.3 Å². The second kappa shape index (κ2) is 6.36. The van der Waals surface area contributed by atoms with Gasteiger partial charge in [-0.3, -0.25) is 14.9 Å². The first-order chi connectivity index (χ1) is 9.91. The predicted molar refractivity (Wildman–Crippen MR) is 78.5 cm³/mol. The van der Waals surface area contributed by atoms with E-state index in [1.54, 1.807) is 4.90 Å². The molecule has 7 nitrogen and oxygen atoms in total. The van der Waals surface area contributed by atoms with Gasteiger partial charge in [0.2, 0.25) is 5.15 Å². The van der Waals surface area contributed by atoms with E-state index in [0.29, 0.717) is 6.54 Å². The Morgan fingerprint density at radius 3 is 2.90 bits per heavy atom. The molecule has 1 aliphatic heterocycles. The molecule has 1 fully saturated rings. The standard InChI is InChI=1S/C13H17ClN4O3/c1-9-8-16(2)6-3-7-17(9)13(19)10-4-5-15-12(14)11(10)18(20)21/h4-5,9H,3,6-8H2,1-2H3. The molecule has 0 N–H and O–H groups in total. The van der Waals surface area contributed by atoms with Crippen LogP contribution in [0.2, 0.25) is 5.15 Å². The second-order valence-electron chi connectivity index (χ2n) is 5.22. The van der Waals surface area contributed by atoms with E-state index in [1.807, 2.05) is 14.0 Å². The number of pyridine rings is 1. The maximum atomic E-state index is 12.7. The number of aromatic nitrogens is 1. The van der Waals surface area contributed by atoms with Gasteiger partial charge in [0, 0.05) is 25.3 Å². The Balaban J connectivity index is 2.36. The van der Waals surface area contributed by atoms with Crippen molar-refractivity contribution in [3.05, 3.63) is 33.1 Å². The third-order valence-corrected chi connectivity index (χ3v) is 3.88. The lowest BCUT2D eigenvalue weighted by Gasteiger charge is -2.28. The number of amides is 1. The average Bonchev–Trinajstić information content (AvgIpc) is 2.57. The van der Waals surface area contributed by atoms with Crippen molar-refractivity contribution in [2.75, 3.05) is 26.7 Å². The van der Waals surface area contributed by atoms with E-state index in [-0.39, 0.29) is 22.7 Å². The minimum atomic E-state index is -0.656. The van der Waals surface area contributed by atoms with Crippen molar-refractivity contribution >= 4 is 23.2 Å². The van der Waals surface area contributed by atoms with E-state index < -0.39 is 10.6 Å². The zero-order valence-electron chi connectivity index (χ0n) is 12.0. The highest BCUT2D eigenvalue weighted by molar-refractivity contribution is 6.32. The van der Waals surface area contributed by atoms with Gasteiger partial charge in [-0.25, -0.2) is 4.98 Å². The number of carbonyl (C=O) groups is 1. The maximum Gasteiger partial charge on any atom is 0.319 e. The van der Waals surface area contributed by atoms with Gasteiger partial charge in [-0.15, -0.1) is 0 Å². The monoisotopic (exact) mass is 312 g/mol. The van der Waals surface area contributed by atoms with Gasteiger partial charge < -0.3 is 9.80 Å². The van der Waals surface area contributed by atoms with Gasteiger partial charge in [0.1, 0.15) is 5.56 Å². The minimum absolute atomic E-state index is 0.00333. The molecular weight excluding hydrogens is 296 g/mol. The number of hydrogen-bond donors (Lipinski definition) is 0. The first kappa shape index (κ1) is 15.7. The Kier molecular flexibility index (Phi) is 4.74. The van der Waals surface area contributed by atoms with Gasteiger partial charge in [0.25, 0.3) is 5.91 Å². The van der Waals surface area contributed by atoms with Crippen molar-refractivity contribution in [1.29, 1.82) is 0 Å². The molecule has 8 heteroatoms. The fraction of sp³-hybridized carbons (Fsp3) is 0.538. The van der Waals surface area contributed by atoms with E-state index in [9.17, 15) is 14.9 Å². The molecule has 2 rings (SSSR count). The highest BCUT2D eigenvalue weighted by atomic mass is 35.5. The van der Waals surface area contributed by atoms with Crippen LogP contribution in [0.1, 0.15) is 23.7 Å².